The third-order valence-corrected chi connectivity index (χ3v) is 3.45. The van der Waals surface area contributed by atoms with Crippen LogP contribution in [0.25, 0.3) is 0 Å². The maximum atomic E-state index is 13.2. The molecule has 3 heteroatoms. The van der Waals surface area contributed by atoms with Crippen molar-refractivity contribution in [3.05, 3.63) is 29.6 Å². The second-order valence-corrected chi connectivity index (χ2v) is 4.68. The van der Waals surface area contributed by atoms with Crippen molar-refractivity contribution < 1.29 is 9.50 Å². The van der Waals surface area contributed by atoms with E-state index in [0.717, 1.165) is 12.8 Å². The first-order chi connectivity index (χ1) is 7.97. The lowest BCUT2D eigenvalue weighted by atomic mass is 10.0. The van der Waals surface area contributed by atoms with Gasteiger partial charge in [-0.15, -0.1) is 0 Å². The first-order valence-electron chi connectivity index (χ1n) is 6.17. The summed E-state index contributed by atoms with van der Waals surface area (Å²) in [5, 5.41) is 9.77. The second kappa shape index (κ2) is 6.01. The molecule has 0 heterocycles. The first-order valence-corrected chi connectivity index (χ1v) is 6.17. The molecular formula is C14H22FNO. The molecule has 0 aliphatic carbocycles. The van der Waals surface area contributed by atoms with Gasteiger partial charge < -0.3 is 5.11 Å². The molecule has 2 atom stereocenters. The predicted molar refractivity (Wildman–Crippen MR) is 68.6 cm³/mol. The maximum absolute atomic E-state index is 13.2. The Morgan fingerprint density at radius 1 is 1.35 bits per heavy atom. The van der Waals surface area contributed by atoms with E-state index in [9.17, 15) is 9.50 Å². The fourth-order valence-electron chi connectivity index (χ4n) is 2.08. The highest BCUT2D eigenvalue weighted by Crippen LogP contribution is 2.29. The van der Waals surface area contributed by atoms with E-state index in [4.69, 9.17) is 0 Å². The molecule has 0 aromatic heterocycles. The van der Waals surface area contributed by atoms with Crippen LogP contribution >= 0.6 is 0 Å². The molecule has 1 aromatic carbocycles. The lowest BCUT2D eigenvalue weighted by Gasteiger charge is -2.31. The Morgan fingerprint density at radius 2 is 2.00 bits per heavy atom. The standard InChI is InChI=1S/C14H22FNO/c1-5-6-10(2)16(4)11(3)13-9-12(15)7-8-14(13)17/h7-11,17H,5-6H2,1-4H3. The Balaban J connectivity index is 2.87. The fourth-order valence-corrected chi connectivity index (χ4v) is 2.08. The molecule has 0 bridgehead atoms. The van der Waals surface area contributed by atoms with Crippen LogP contribution in [0.2, 0.25) is 0 Å². The van der Waals surface area contributed by atoms with Gasteiger partial charge in [0.05, 0.1) is 0 Å². The molecule has 0 saturated heterocycles. The van der Waals surface area contributed by atoms with E-state index in [1.54, 1.807) is 0 Å². The number of hydrogen-bond acceptors (Lipinski definition) is 2. The number of hydrogen-bond donors (Lipinski definition) is 1. The topological polar surface area (TPSA) is 23.5 Å². The van der Waals surface area contributed by atoms with Crippen LogP contribution in [0.15, 0.2) is 18.2 Å². The molecule has 0 aliphatic heterocycles. The van der Waals surface area contributed by atoms with Crippen molar-refractivity contribution in [2.24, 2.45) is 0 Å². The Bertz CT molecular complexity index is 367. The van der Waals surface area contributed by atoms with Crippen LogP contribution in [-0.4, -0.2) is 23.1 Å². The van der Waals surface area contributed by atoms with Crippen LogP contribution in [0.5, 0.6) is 5.75 Å². The van der Waals surface area contributed by atoms with Crippen LogP contribution in [-0.2, 0) is 0 Å². The minimum absolute atomic E-state index is 0.00671. The van der Waals surface area contributed by atoms with Gasteiger partial charge in [0, 0.05) is 17.6 Å². The zero-order valence-electron chi connectivity index (χ0n) is 11.1. The van der Waals surface area contributed by atoms with Crippen molar-refractivity contribution in [1.82, 2.24) is 4.90 Å². The molecule has 17 heavy (non-hydrogen) atoms. The molecule has 96 valence electrons. The fraction of sp³-hybridized carbons (Fsp3) is 0.571. The molecule has 0 aliphatic rings. The van der Waals surface area contributed by atoms with Crippen LogP contribution in [0, 0.1) is 5.82 Å². The molecule has 0 spiro atoms. The predicted octanol–water partition coefficient (Wildman–Crippen LogP) is 3.71. The van der Waals surface area contributed by atoms with E-state index in [1.807, 2.05) is 14.0 Å². The van der Waals surface area contributed by atoms with Crippen LogP contribution in [0.3, 0.4) is 0 Å². The molecular weight excluding hydrogens is 217 g/mol. The van der Waals surface area contributed by atoms with Crippen LogP contribution in [0.4, 0.5) is 4.39 Å². The van der Waals surface area contributed by atoms with E-state index >= 15 is 0 Å². The number of halogens is 1. The molecule has 0 amide bonds. The number of aromatic hydroxyl groups is 1. The number of phenolic OH excluding ortho intramolecular Hbond substituents is 1. The van der Waals surface area contributed by atoms with Crippen molar-refractivity contribution in [3.8, 4) is 5.75 Å². The first kappa shape index (κ1) is 14.0. The normalized spacial score (nSPS) is 14.9. The number of nitrogens with zero attached hydrogens (tertiary/aromatic N) is 1. The minimum atomic E-state index is -0.304. The second-order valence-electron chi connectivity index (χ2n) is 4.68. The Hall–Kier alpha value is -1.09. The summed E-state index contributed by atoms with van der Waals surface area (Å²) in [5.41, 5.74) is 0.649. The quantitative estimate of drug-likeness (QED) is 0.846. The van der Waals surface area contributed by atoms with E-state index in [2.05, 4.69) is 18.7 Å². The zero-order valence-corrected chi connectivity index (χ0v) is 11.1. The van der Waals surface area contributed by atoms with E-state index in [-0.39, 0.29) is 17.6 Å². The lowest BCUT2D eigenvalue weighted by molar-refractivity contribution is 0.184. The summed E-state index contributed by atoms with van der Waals surface area (Å²) in [5.74, 6) is -0.143. The third kappa shape index (κ3) is 3.43. The summed E-state index contributed by atoms with van der Waals surface area (Å²) in [4.78, 5) is 2.16. The van der Waals surface area contributed by atoms with Gasteiger partial charge in [-0.2, -0.15) is 0 Å². The van der Waals surface area contributed by atoms with Gasteiger partial charge in [0.15, 0.2) is 0 Å². The van der Waals surface area contributed by atoms with Crippen molar-refractivity contribution >= 4 is 0 Å². The summed E-state index contributed by atoms with van der Waals surface area (Å²) in [6.07, 6.45) is 2.21. The highest BCUT2D eigenvalue weighted by Gasteiger charge is 2.19. The molecule has 0 radical (unpaired) electrons. The van der Waals surface area contributed by atoms with Crippen molar-refractivity contribution in [2.45, 2.75) is 45.7 Å². The summed E-state index contributed by atoms with van der Waals surface area (Å²) in [6.45, 7) is 6.28. The van der Waals surface area contributed by atoms with Crippen LogP contribution < -0.4 is 0 Å². The van der Waals surface area contributed by atoms with E-state index in [0.29, 0.717) is 11.6 Å². The summed E-state index contributed by atoms with van der Waals surface area (Å²) < 4.78 is 13.2. The summed E-state index contributed by atoms with van der Waals surface area (Å²) in [7, 11) is 2.01. The maximum Gasteiger partial charge on any atom is 0.123 e. The zero-order chi connectivity index (χ0) is 13.0. The average Bonchev–Trinajstić information content (AvgIpc) is 2.30. The smallest absolute Gasteiger partial charge is 0.123 e. The van der Waals surface area contributed by atoms with Gasteiger partial charge in [0.2, 0.25) is 0 Å². The minimum Gasteiger partial charge on any atom is -0.508 e. The third-order valence-electron chi connectivity index (χ3n) is 3.45. The molecule has 1 N–H and O–H groups in total. The van der Waals surface area contributed by atoms with Gasteiger partial charge >= 0.3 is 0 Å². The monoisotopic (exact) mass is 239 g/mol. The SMILES string of the molecule is CCCC(C)N(C)C(C)c1cc(F)ccc1O. The van der Waals surface area contributed by atoms with Gasteiger partial charge in [0.25, 0.3) is 0 Å². The highest BCUT2D eigenvalue weighted by atomic mass is 19.1. The lowest BCUT2D eigenvalue weighted by Crippen LogP contribution is -2.31. The largest absolute Gasteiger partial charge is 0.508 e. The average molecular weight is 239 g/mol. The molecule has 1 aromatic rings. The van der Waals surface area contributed by atoms with Gasteiger partial charge in [-0.25, -0.2) is 4.39 Å². The van der Waals surface area contributed by atoms with Gasteiger partial charge in [-0.3, -0.25) is 4.90 Å². The Morgan fingerprint density at radius 3 is 2.59 bits per heavy atom. The van der Waals surface area contributed by atoms with Crippen molar-refractivity contribution in [1.29, 1.82) is 0 Å². The molecule has 0 fully saturated rings. The number of phenols is 1. The molecule has 0 saturated carbocycles. The van der Waals surface area contributed by atoms with Gasteiger partial charge in [0.1, 0.15) is 11.6 Å². The van der Waals surface area contributed by atoms with E-state index < -0.39 is 0 Å². The van der Waals surface area contributed by atoms with Crippen LogP contribution in [0.1, 0.15) is 45.2 Å². The van der Waals surface area contributed by atoms with E-state index in [1.165, 1.54) is 18.2 Å². The number of rotatable bonds is 5. The Labute approximate surface area is 103 Å². The number of benzene rings is 1. The Kier molecular flexibility index (Phi) is 4.94. The highest BCUT2D eigenvalue weighted by molar-refractivity contribution is 5.34. The van der Waals surface area contributed by atoms with Crippen molar-refractivity contribution in [2.75, 3.05) is 7.05 Å². The summed E-state index contributed by atoms with van der Waals surface area (Å²) in [6, 6.07) is 4.53. The van der Waals surface area contributed by atoms with Gasteiger partial charge in [-0.05, 0) is 45.5 Å². The molecule has 1 rings (SSSR count). The van der Waals surface area contributed by atoms with Crippen molar-refractivity contribution in [3.63, 3.8) is 0 Å². The molecule has 2 unspecified atom stereocenters. The summed E-state index contributed by atoms with van der Waals surface area (Å²) >= 11 is 0. The molecule has 2 nitrogen and oxygen atoms in total. The van der Waals surface area contributed by atoms with Gasteiger partial charge in [-0.1, -0.05) is 13.3 Å².